The largest absolute Gasteiger partial charge is 0.461 e. The first kappa shape index (κ1) is 21.8. The number of rotatable bonds is 5. The molecule has 6 nitrogen and oxygen atoms in total. The fourth-order valence-electron chi connectivity index (χ4n) is 4.38. The van der Waals surface area contributed by atoms with Crippen molar-refractivity contribution in [3.8, 4) is 10.6 Å². The van der Waals surface area contributed by atoms with E-state index in [4.69, 9.17) is 14.7 Å². The lowest BCUT2D eigenvalue weighted by molar-refractivity contribution is -0.144. The molecular formula is C26H28N4O2S. The van der Waals surface area contributed by atoms with E-state index in [1.165, 1.54) is 11.1 Å². The summed E-state index contributed by atoms with van der Waals surface area (Å²) in [6.45, 7) is 9.23. The highest BCUT2D eigenvalue weighted by molar-refractivity contribution is 7.15. The van der Waals surface area contributed by atoms with Gasteiger partial charge in [-0.3, -0.25) is 9.69 Å². The Hall–Kier alpha value is -3.03. The fourth-order valence-corrected chi connectivity index (χ4v) is 5.52. The van der Waals surface area contributed by atoms with Crippen molar-refractivity contribution in [2.24, 2.45) is 0 Å². The molecule has 2 aromatic carbocycles. The number of thiazole rings is 1. The van der Waals surface area contributed by atoms with Crippen LogP contribution in [0.2, 0.25) is 0 Å². The van der Waals surface area contributed by atoms with E-state index in [1.807, 2.05) is 19.1 Å². The van der Waals surface area contributed by atoms with Crippen LogP contribution in [0.4, 0.5) is 0 Å². The van der Waals surface area contributed by atoms with Gasteiger partial charge in [-0.05, 0) is 51.1 Å². The quantitative estimate of drug-likeness (QED) is 0.400. The summed E-state index contributed by atoms with van der Waals surface area (Å²) in [6.07, 6.45) is 0.238. The number of carbonyl (C=O) groups excluding carboxylic acids is 1. The molecule has 0 saturated carbocycles. The Labute approximate surface area is 197 Å². The fraction of sp³-hybridized carbons (Fsp3) is 0.346. The molecule has 0 fully saturated rings. The molecule has 0 saturated heterocycles. The van der Waals surface area contributed by atoms with Crippen LogP contribution in [0.3, 0.4) is 0 Å². The van der Waals surface area contributed by atoms with Crippen LogP contribution in [-0.4, -0.2) is 39.0 Å². The molecule has 0 atom stereocenters. The van der Waals surface area contributed by atoms with Gasteiger partial charge < -0.3 is 9.30 Å². The Morgan fingerprint density at radius 3 is 2.76 bits per heavy atom. The number of fused-ring (bicyclic) bond motifs is 3. The predicted octanol–water partition coefficient (Wildman–Crippen LogP) is 4.82. The van der Waals surface area contributed by atoms with Gasteiger partial charge in [-0.25, -0.2) is 9.97 Å². The van der Waals surface area contributed by atoms with Crippen LogP contribution in [0.25, 0.3) is 21.6 Å². The number of carbonyl (C=O) groups is 1. The standard InChI is InChI=1S/C26H28N4O2S/c1-16-5-7-20(17(2)11-16)26-27-18(3)23(33-26)13-25(31)32-15-19-6-8-22-21(12-19)28-24-14-29(4)9-10-30(22)24/h5-8,11-12H,9-10,13-15H2,1-4H3. The minimum Gasteiger partial charge on any atom is -0.461 e. The highest BCUT2D eigenvalue weighted by atomic mass is 32.1. The molecule has 0 radical (unpaired) electrons. The molecule has 5 rings (SSSR count). The maximum absolute atomic E-state index is 12.6. The summed E-state index contributed by atoms with van der Waals surface area (Å²) in [6, 6.07) is 12.5. The molecule has 2 aromatic heterocycles. The molecule has 170 valence electrons. The average molecular weight is 461 g/mol. The van der Waals surface area contributed by atoms with E-state index < -0.39 is 0 Å². The topological polar surface area (TPSA) is 60.2 Å². The molecule has 1 aliphatic rings. The van der Waals surface area contributed by atoms with Gasteiger partial charge in [-0.1, -0.05) is 29.8 Å². The molecule has 7 heteroatoms. The molecule has 3 heterocycles. The van der Waals surface area contributed by atoms with Crippen molar-refractivity contribution in [1.29, 1.82) is 0 Å². The number of hydrogen-bond donors (Lipinski definition) is 0. The molecule has 1 aliphatic heterocycles. The van der Waals surface area contributed by atoms with Crippen LogP contribution in [-0.2, 0) is 35.6 Å². The first-order chi connectivity index (χ1) is 15.9. The smallest absolute Gasteiger partial charge is 0.311 e. The number of benzene rings is 2. The third kappa shape index (κ3) is 4.43. The lowest BCUT2D eigenvalue weighted by Gasteiger charge is -2.23. The molecule has 0 amide bonds. The highest BCUT2D eigenvalue weighted by Crippen LogP contribution is 2.31. The van der Waals surface area contributed by atoms with Crippen LogP contribution < -0.4 is 0 Å². The number of aryl methyl sites for hydroxylation is 3. The van der Waals surface area contributed by atoms with Crippen molar-refractivity contribution in [3.05, 3.63) is 69.5 Å². The maximum Gasteiger partial charge on any atom is 0.311 e. The molecular weight excluding hydrogens is 432 g/mol. The second-order valence-electron chi connectivity index (χ2n) is 8.92. The van der Waals surface area contributed by atoms with E-state index >= 15 is 0 Å². The number of hydrogen-bond acceptors (Lipinski definition) is 6. The van der Waals surface area contributed by atoms with Crippen molar-refractivity contribution < 1.29 is 9.53 Å². The number of esters is 1. The number of nitrogens with zero attached hydrogens (tertiary/aromatic N) is 4. The summed E-state index contributed by atoms with van der Waals surface area (Å²) >= 11 is 1.57. The molecule has 0 aliphatic carbocycles. The highest BCUT2D eigenvalue weighted by Gasteiger charge is 2.18. The lowest BCUT2D eigenvalue weighted by atomic mass is 10.1. The summed E-state index contributed by atoms with van der Waals surface area (Å²) in [5.74, 6) is 0.855. The second-order valence-corrected chi connectivity index (χ2v) is 10.0. The Bertz CT molecular complexity index is 1350. The SMILES string of the molecule is Cc1ccc(-c2nc(C)c(CC(=O)OCc3ccc4c(c3)nc3n4CCN(C)C3)s2)c(C)c1. The first-order valence-corrected chi connectivity index (χ1v) is 12.0. The predicted molar refractivity (Wildman–Crippen MR) is 131 cm³/mol. The van der Waals surface area contributed by atoms with Gasteiger partial charge in [-0.2, -0.15) is 0 Å². The number of aromatic nitrogens is 3. The summed E-state index contributed by atoms with van der Waals surface area (Å²) in [5.41, 5.74) is 7.50. The van der Waals surface area contributed by atoms with Crippen LogP contribution in [0, 0.1) is 20.8 Å². The van der Waals surface area contributed by atoms with Crippen molar-refractivity contribution in [1.82, 2.24) is 19.4 Å². The minimum absolute atomic E-state index is 0.236. The van der Waals surface area contributed by atoms with E-state index in [9.17, 15) is 4.79 Å². The molecule has 0 spiro atoms. The van der Waals surface area contributed by atoms with Gasteiger partial charge in [0, 0.05) is 23.5 Å². The first-order valence-electron chi connectivity index (χ1n) is 11.2. The molecule has 4 aromatic rings. The lowest BCUT2D eigenvalue weighted by Crippen LogP contribution is -2.30. The van der Waals surface area contributed by atoms with Crippen LogP contribution >= 0.6 is 11.3 Å². The summed E-state index contributed by atoms with van der Waals surface area (Å²) in [5, 5.41) is 0.952. The summed E-state index contributed by atoms with van der Waals surface area (Å²) < 4.78 is 7.89. The monoisotopic (exact) mass is 460 g/mol. The Kier molecular flexibility index (Phi) is 5.76. The van der Waals surface area contributed by atoms with Crippen molar-refractivity contribution in [2.45, 2.75) is 46.9 Å². The zero-order chi connectivity index (χ0) is 23.1. The van der Waals surface area contributed by atoms with Gasteiger partial charge in [0.25, 0.3) is 0 Å². The summed E-state index contributed by atoms with van der Waals surface area (Å²) in [7, 11) is 2.11. The Morgan fingerprint density at radius 1 is 1.09 bits per heavy atom. The molecule has 0 N–H and O–H groups in total. The van der Waals surface area contributed by atoms with E-state index in [-0.39, 0.29) is 19.0 Å². The normalized spacial score (nSPS) is 13.9. The van der Waals surface area contributed by atoms with Gasteiger partial charge in [-0.15, -0.1) is 11.3 Å². The zero-order valence-electron chi connectivity index (χ0n) is 19.5. The van der Waals surface area contributed by atoms with Gasteiger partial charge in [0.05, 0.1) is 29.7 Å². The van der Waals surface area contributed by atoms with Crippen LogP contribution in [0.1, 0.15) is 33.1 Å². The molecule has 0 bridgehead atoms. The zero-order valence-corrected chi connectivity index (χ0v) is 20.3. The van der Waals surface area contributed by atoms with Gasteiger partial charge in [0.1, 0.15) is 17.4 Å². The minimum atomic E-state index is -0.236. The maximum atomic E-state index is 12.6. The third-order valence-electron chi connectivity index (χ3n) is 6.22. The third-order valence-corrected chi connectivity index (χ3v) is 7.41. The number of likely N-dealkylation sites (N-methyl/N-ethyl adjacent to an activating group) is 1. The van der Waals surface area contributed by atoms with Gasteiger partial charge in [0.15, 0.2) is 0 Å². The van der Waals surface area contributed by atoms with E-state index in [0.29, 0.717) is 0 Å². The van der Waals surface area contributed by atoms with Crippen LogP contribution in [0.5, 0.6) is 0 Å². The van der Waals surface area contributed by atoms with Crippen molar-refractivity contribution in [3.63, 3.8) is 0 Å². The Balaban J connectivity index is 1.25. The average Bonchev–Trinajstić information content (AvgIpc) is 3.31. The van der Waals surface area contributed by atoms with Gasteiger partial charge in [0.2, 0.25) is 0 Å². The van der Waals surface area contributed by atoms with E-state index in [1.54, 1.807) is 11.3 Å². The summed E-state index contributed by atoms with van der Waals surface area (Å²) in [4.78, 5) is 25.3. The van der Waals surface area contributed by atoms with Crippen LogP contribution in [0.15, 0.2) is 36.4 Å². The van der Waals surface area contributed by atoms with Gasteiger partial charge >= 0.3 is 5.97 Å². The van der Waals surface area contributed by atoms with Crippen molar-refractivity contribution in [2.75, 3.05) is 13.6 Å². The second kappa shape index (κ2) is 8.72. The van der Waals surface area contributed by atoms with E-state index in [2.05, 4.69) is 54.6 Å². The molecule has 33 heavy (non-hydrogen) atoms. The molecule has 0 unspecified atom stereocenters. The number of ether oxygens (including phenoxy) is 1. The van der Waals surface area contributed by atoms with Crippen molar-refractivity contribution >= 4 is 28.3 Å². The van der Waals surface area contributed by atoms with E-state index in [0.717, 1.165) is 63.2 Å². The number of imidazole rings is 1. The Morgan fingerprint density at radius 2 is 1.94 bits per heavy atom.